The number of halogens is 4. The predicted molar refractivity (Wildman–Crippen MR) is 88.4 cm³/mol. The molecule has 7 nitrogen and oxygen atoms in total. The molecule has 0 spiro atoms. The van der Waals surface area contributed by atoms with Gasteiger partial charge in [-0.3, -0.25) is 4.79 Å². The van der Waals surface area contributed by atoms with Crippen LogP contribution in [-0.2, 0) is 14.8 Å². The van der Waals surface area contributed by atoms with Crippen molar-refractivity contribution in [1.82, 2.24) is 9.62 Å². The van der Waals surface area contributed by atoms with E-state index in [-0.39, 0.29) is 28.7 Å². The van der Waals surface area contributed by atoms with Crippen LogP contribution >= 0.6 is 11.6 Å². The van der Waals surface area contributed by atoms with E-state index in [4.69, 9.17) is 11.6 Å². The number of sulfonamides is 1. The average molecular weight is 416 g/mol. The molecular formula is C14H17ClF3N3O4S. The Kier molecular flexibility index (Phi) is 5.88. The highest BCUT2D eigenvalue weighted by Gasteiger charge is 2.55. The van der Waals surface area contributed by atoms with E-state index in [1.165, 1.54) is 4.31 Å². The van der Waals surface area contributed by atoms with Crippen LogP contribution in [0.15, 0.2) is 23.1 Å². The molecule has 1 aromatic carbocycles. The number of benzene rings is 1. The summed E-state index contributed by atoms with van der Waals surface area (Å²) in [5.41, 5.74) is -3.87. The summed E-state index contributed by atoms with van der Waals surface area (Å²) >= 11 is 5.91. The van der Waals surface area contributed by atoms with E-state index < -0.39 is 27.7 Å². The number of amides is 1. The van der Waals surface area contributed by atoms with Gasteiger partial charge >= 0.3 is 6.18 Å². The lowest BCUT2D eigenvalue weighted by Gasteiger charge is -2.27. The van der Waals surface area contributed by atoms with Crippen molar-refractivity contribution in [3.63, 3.8) is 0 Å². The van der Waals surface area contributed by atoms with Crippen LogP contribution in [0.2, 0.25) is 5.02 Å². The number of rotatable bonds is 4. The molecule has 1 unspecified atom stereocenters. The van der Waals surface area contributed by atoms with E-state index in [0.29, 0.717) is 20.0 Å². The standard InChI is InChI=1S/C14H17ClF3N3O4S/c1-13(23,14(16,17)18)12(22)20-11-3-2-9(8-10(11)15)26(24,25)21-6-4-19-5-7-21/h2-3,8,19,23H,4-7H2,1H3,(H,20,22). The maximum Gasteiger partial charge on any atom is 0.426 e. The molecule has 1 fully saturated rings. The Labute approximate surface area is 153 Å². The van der Waals surface area contributed by atoms with Gasteiger partial charge in [0, 0.05) is 26.2 Å². The summed E-state index contributed by atoms with van der Waals surface area (Å²) in [5, 5.41) is 13.9. The number of piperazine rings is 1. The summed E-state index contributed by atoms with van der Waals surface area (Å²) < 4.78 is 64.3. The first kappa shape index (κ1) is 20.9. The Morgan fingerprint density at radius 3 is 2.38 bits per heavy atom. The van der Waals surface area contributed by atoms with Crippen molar-refractivity contribution in [2.45, 2.75) is 23.6 Å². The molecule has 0 bridgehead atoms. The van der Waals surface area contributed by atoms with Gasteiger partial charge in [-0.2, -0.15) is 17.5 Å². The van der Waals surface area contributed by atoms with Gasteiger partial charge in [-0.05, 0) is 25.1 Å². The van der Waals surface area contributed by atoms with Crippen molar-refractivity contribution >= 4 is 33.2 Å². The maximum absolute atomic E-state index is 12.7. The highest BCUT2D eigenvalue weighted by Crippen LogP contribution is 2.33. The lowest BCUT2D eigenvalue weighted by molar-refractivity contribution is -0.242. The summed E-state index contributed by atoms with van der Waals surface area (Å²) in [4.78, 5) is 11.5. The zero-order valence-corrected chi connectivity index (χ0v) is 15.2. The van der Waals surface area contributed by atoms with E-state index in [2.05, 4.69) is 5.32 Å². The number of carbonyl (C=O) groups excluding carboxylic acids is 1. The molecule has 12 heteroatoms. The first-order chi connectivity index (χ1) is 11.9. The second-order valence-electron chi connectivity index (χ2n) is 5.82. The Bertz CT molecular complexity index is 793. The molecule has 0 saturated carbocycles. The highest BCUT2D eigenvalue weighted by molar-refractivity contribution is 7.89. The van der Waals surface area contributed by atoms with Crippen LogP contribution in [-0.4, -0.2) is 61.7 Å². The number of alkyl halides is 3. The number of carbonyl (C=O) groups is 1. The lowest BCUT2D eigenvalue weighted by Crippen LogP contribution is -2.52. The van der Waals surface area contributed by atoms with E-state index in [0.717, 1.165) is 18.2 Å². The third-order valence-corrected chi connectivity index (χ3v) is 6.10. The van der Waals surface area contributed by atoms with Gasteiger partial charge in [0.05, 0.1) is 15.6 Å². The molecule has 146 valence electrons. The molecule has 1 aromatic rings. The Hall–Kier alpha value is -1.40. The lowest BCUT2D eigenvalue weighted by atomic mass is 10.1. The van der Waals surface area contributed by atoms with Gasteiger partial charge in [-0.1, -0.05) is 11.6 Å². The molecule has 1 aliphatic heterocycles. The number of nitrogens with one attached hydrogen (secondary N) is 2. The Morgan fingerprint density at radius 1 is 1.31 bits per heavy atom. The van der Waals surface area contributed by atoms with Crippen molar-refractivity contribution in [2.75, 3.05) is 31.5 Å². The fourth-order valence-corrected chi connectivity index (χ4v) is 3.92. The monoisotopic (exact) mass is 415 g/mol. The van der Waals surface area contributed by atoms with E-state index in [1.54, 1.807) is 0 Å². The summed E-state index contributed by atoms with van der Waals surface area (Å²) in [7, 11) is -3.81. The molecule has 1 amide bonds. The fourth-order valence-electron chi connectivity index (χ4n) is 2.16. The van der Waals surface area contributed by atoms with E-state index in [9.17, 15) is 31.5 Å². The smallest absolute Gasteiger partial charge is 0.373 e. The number of nitrogens with zero attached hydrogens (tertiary/aromatic N) is 1. The molecule has 1 heterocycles. The quantitative estimate of drug-likeness (QED) is 0.686. The largest absolute Gasteiger partial charge is 0.426 e. The number of anilines is 1. The van der Waals surface area contributed by atoms with Gasteiger partial charge in [0.2, 0.25) is 15.6 Å². The van der Waals surface area contributed by atoms with Crippen molar-refractivity contribution in [1.29, 1.82) is 0 Å². The second-order valence-corrected chi connectivity index (χ2v) is 8.16. The van der Waals surface area contributed by atoms with Crippen LogP contribution in [0.4, 0.5) is 18.9 Å². The summed E-state index contributed by atoms with van der Waals surface area (Å²) in [6.07, 6.45) is -5.19. The van der Waals surface area contributed by atoms with Crippen LogP contribution < -0.4 is 10.6 Å². The minimum absolute atomic E-state index is 0.148. The topological polar surface area (TPSA) is 98.7 Å². The summed E-state index contributed by atoms with van der Waals surface area (Å²) in [6.45, 7) is 1.83. The minimum atomic E-state index is -5.19. The first-order valence-electron chi connectivity index (χ1n) is 7.48. The molecule has 2 rings (SSSR count). The van der Waals surface area contributed by atoms with E-state index in [1.807, 2.05) is 5.32 Å². The second kappa shape index (κ2) is 7.31. The Balaban J connectivity index is 2.23. The van der Waals surface area contributed by atoms with Gasteiger partial charge in [0.25, 0.3) is 5.91 Å². The molecule has 0 aromatic heterocycles. The van der Waals surface area contributed by atoms with Crippen molar-refractivity contribution in [3.05, 3.63) is 23.2 Å². The first-order valence-corrected chi connectivity index (χ1v) is 9.30. The number of hydrogen-bond donors (Lipinski definition) is 3. The van der Waals surface area contributed by atoms with Gasteiger partial charge in [-0.15, -0.1) is 0 Å². The minimum Gasteiger partial charge on any atom is -0.373 e. The summed E-state index contributed by atoms with van der Waals surface area (Å²) in [6, 6.07) is 3.24. The highest BCUT2D eigenvalue weighted by atomic mass is 35.5. The normalized spacial score (nSPS) is 19.0. The van der Waals surface area contributed by atoms with Crippen molar-refractivity contribution in [3.8, 4) is 0 Å². The molecule has 1 aliphatic rings. The van der Waals surface area contributed by atoms with Crippen LogP contribution in [0.3, 0.4) is 0 Å². The molecule has 26 heavy (non-hydrogen) atoms. The van der Waals surface area contributed by atoms with Crippen LogP contribution in [0, 0.1) is 0 Å². The fraction of sp³-hybridized carbons (Fsp3) is 0.500. The van der Waals surface area contributed by atoms with Crippen LogP contribution in [0.5, 0.6) is 0 Å². The van der Waals surface area contributed by atoms with E-state index >= 15 is 0 Å². The number of hydrogen-bond acceptors (Lipinski definition) is 5. The van der Waals surface area contributed by atoms with Gasteiger partial charge in [-0.25, -0.2) is 8.42 Å². The molecule has 0 radical (unpaired) electrons. The molecule has 1 atom stereocenters. The molecular weight excluding hydrogens is 399 g/mol. The zero-order valence-electron chi connectivity index (χ0n) is 13.6. The van der Waals surface area contributed by atoms with Crippen molar-refractivity contribution in [2.24, 2.45) is 0 Å². The average Bonchev–Trinajstić information content (AvgIpc) is 2.56. The number of aliphatic hydroxyl groups is 1. The third kappa shape index (κ3) is 4.12. The third-order valence-electron chi connectivity index (χ3n) is 3.90. The van der Waals surface area contributed by atoms with Crippen molar-refractivity contribution < 1.29 is 31.5 Å². The maximum atomic E-state index is 12.7. The predicted octanol–water partition coefficient (Wildman–Crippen LogP) is 1.19. The van der Waals surface area contributed by atoms with Gasteiger partial charge in [0.15, 0.2) is 0 Å². The van der Waals surface area contributed by atoms with Crippen LogP contribution in [0.1, 0.15) is 6.92 Å². The van der Waals surface area contributed by atoms with Gasteiger partial charge < -0.3 is 15.7 Å². The van der Waals surface area contributed by atoms with Gasteiger partial charge in [0.1, 0.15) is 0 Å². The van der Waals surface area contributed by atoms with Crippen LogP contribution in [0.25, 0.3) is 0 Å². The summed E-state index contributed by atoms with van der Waals surface area (Å²) in [5.74, 6) is -1.73. The Morgan fingerprint density at radius 2 is 1.88 bits per heavy atom. The SMILES string of the molecule is CC(O)(C(=O)Nc1ccc(S(=O)(=O)N2CCNCC2)cc1Cl)C(F)(F)F. The molecule has 3 N–H and O–H groups in total. The zero-order chi connectivity index (χ0) is 19.8. The molecule has 0 aliphatic carbocycles. The molecule has 1 saturated heterocycles.